The van der Waals surface area contributed by atoms with Crippen molar-refractivity contribution in [2.45, 2.75) is 63.1 Å². The lowest BCUT2D eigenvalue weighted by molar-refractivity contribution is -0.171. The molecule has 130 valence electrons. The molecule has 4 atom stereocenters. The van der Waals surface area contributed by atoms with Crippen LogP contribution in [0.4, 0.5) is 0 Å². The topological polar surface area (TPSA) is 55.4 Å². The summed E-state index contributed by atoms with van der Waals surface area (Å²) in [7, 11) is 0. The molecule has 23 heavy (non-hydrogen) atoms. The smallest absolute Gasteiger partial charge is 0.312 e. The Balaban J connectivity index is 1.51. The van der Waals surface area contributed by atoms with E-state index in [1.807, 2.05) is 0 Å². The molecule has 0 aromatic carbocycles. The number of esters is 1. The van der Waals surface area contributed by atoms with Gasteiger partial charge in [0.2, 0.25) is 0 Å². The lowest BCUT2D eigenvalue weighted by Gasteiger charge is -2.58. The van der Waals surface area contributed by atoms with E-state index >= 15 is 0 Å². The fourth-order valence-electron chi connectivity index (χ4n) is 5.23. The summed E-state index contributed by atoms with van der Waals surface area (Å²) in [6.07, 6.45) is 7.36. The maximum absolute atomic E-state index is 12.7. The summed E-state index contributed by atoms with van der Waals surface area (Å²) in [6, 6.07) is 0. The Morgan fingerprint density at radius 3 is 2.43 bits per heavy atom. The lowest BCUT2D eigenvalue weighted by Crippen LogP contribution is -2.56. The van der Waals surface area contributed by atoms with Gasteiger partial charge in [-0.3, -0.25) is 9.59 Å². The van der Waals surface area contributed by atoms with Crippen LogP contribution in [0.25, 0.3) is 0 Å². The molecule has 0 aliphatic heterocycles. The summed E-state index contributed by atoms with van der Waals surface area (Å²) >= 11 is 3.90. The van der Waals surface area contributed by atoms with E-state index in [2.05, 4.69) is 35.1 Å². The largest absolute Gasteiger partial charge is 0.455 e. The fraction of sp³-hybridized carbons (Fsp3) is 0.889. The molecule has 0 heterocycles. The number of hydrogen-bond donors (Lipinski definition) is 1. The molecular formula is C18H28BrNO3. The number of amides is 1. The predicted octanol–water partition coefficient (Wildman–Crippen LogP) is 3.43. The first-order chi connectivity index (χ1) is 10.8. The van der Waals surface area contributed by atoms with Gasteiger partial charge in [0, 0.05) is 10.9 Å². The van der Waals surface area contributed by atoms with Crippen molar-refractivity contribution in [1.82, 2.24) is 5.32 Å². The molecule has 0 spiro atoms. The zero-order valence-corrected chi connectivity index (χ0v) is 15.8. The van der Waals surface area contributed by atoms with Gasteiger partial charge in [-0.2, -0.15) is 0 Å². The van der Waals surface area contributed by atoms with Gasteiger partial charge in [-0.25, -0.2) is 0 Å². The van der Waals surface area contributed by atoms with E-state index in [-0.39, 0.29) is 28.2 Å². The first-order valence-electron chi connectivity index (χ1n) is 8.93. The Labute approximate surface area is 147 Å². The van der Waals surface area contributed by atoms with Crippen LogP contribution < -0.4 is 5.32 Å². The van der Waals surface area contributed by atoms with E-state index in [0.717, 1.165) is 25.7 Å². The average Bonchev–Trinajstić information content (AvgIpc) is 2.41. The average molecular weight is 386 g/mol. The van der Waals surface area contributed by atoms with E-state index < -0.39 is 0 Å². The highest BCUT2D eigenvalue weighted by atomic mass is 79.9. The molecule has 4 saturated carbocycles. The molecule has 0 saturated heterocycles. The van der Waals surface area contributed by atoms with Crippen molar-refractivity contribution >= 4 is 27.8 Å². The van der Waals surface area contributed by atoms with Crippen molar-refractivity contribution in [3.05, 3.63) is 0 Å². The van der Waals surface area contributed by atoms with Crippen LogP contribution in [-0.2, 0) is 14.3 Å². The second-order valence-electron chi connectivity index (χ2n) is 8.50. The van der Waals surface area contributed by atoms with Gasteiger partial charge in [-0.1, -0.05) is 29.8 Å². The van der Waals surface area contributed by atoms with Crippen LogP contribution in [0.15, 0.2) is 0 Å². The van der Waals surface area contributed by atoms with Crippen LogP contribution in [-0.4, -0.2) is 29.4 Å². The normalized spacial score (nSPS) is 37.9. The third-order valence-corrected chi connectivity index (χ3v) is 6.73. The van der Waals surface area contributed by atoms with Gasteiger partial charge in [0.05, 0.1) is 5.41 Å². The number of carbonyl (C=O) groups excluding carboxylic acids is 2. The van der Waals surface area contributed by atoms with Gasteiger partial charge in [-0.15, -0.1) is 0 Å². The number of alkyl halides is 1. The highest BCUT2D eigenvalue weighted by Crippen LogP contribution is 2.64. The summed E-state index contributed by atoms with van der Waals surface area (Å²) < 4.78 is 5.55. The monoisotopic (exact) mass is 385 g/mol. The van der Waals surface area contributed by atoms with Crippen molar-refractivity contribution in [2.75, 3.05) is 13.2 Å². The minimum atomic E-state index is -0.341. The molecule has 5 heteroatoms. The van der Waals surface area contributed by atoms with E-state index in [4.69, 9.17) is 4.74 Å². The maximum Gasteiger partial charge on any atom is 0.312 e. The highest BCUT2D eigenvalue weighted by Gasteiger charge is 2.60. The van der Waals surface area contributed by atoms with Gasteiger partial charge in [-0.05, 0) is 62.7 Å². The number of hydrogen-bond acceptors (Lipinski definition) is 3. The van der Waals surface area contributed by atoms with Crippen molar-refractivity contribution in [1.29, 1.82) is 0 Å². The summed E-state index contributed by atoms with van der Waals surface area (Å²) in [5.41, 5.74) is -0.341. The highest BCUT2D eigenvalue weighted by molar-refractivity contribution is 9.10. The third kappa shape index (κ3) is 3.75. The number of nitrogens with one attached hydrogen (secondary N) is 1. The van der Waals surface area contributed by atoms with Crippen LogP contribution in [0.3, 0.4) is 0 Å². The van der Waals surface area contributed by atoms with Crippen molar-refractivity contribution < 1.29 is 14.3 Å². The molecule has 0 aromatic rings. The van der Waals surface area contributed by atoms with Crippen molar-refractivity contribution in [3.8, 4) is 0 Å². The van der Waals surface area contributed by atoms with Gasteiger partial charge in [0.1, 0.15) is 0 Å². The first kappa shape index (κ1) is 17.2. The van der Waals surface area contributed by atoms with Crippen molar-refractivity contribution in [2.24, 2.45) is 23.2 Å². The van der Waals surface area contributed by atoms with Crippen molar-refractivity contribution in [3.63, 3.8) is 0 Å². The van der Waals surface area contributed by atoms with Crippen LogP contribution in [0.2, 0.25) is 0 Å². The van der Waals surface area contributed by atoms with Gasteiger partial charge in [0.15, 0.2) is 6.61 Å². The number of rotatable bonds is 6. The second-order valence-corrected chi connectivity index (χ2v) is 10.2. The first-order valence-corrected chi connectivity index (χ1v) is 9.72. The van der Waals surface area contributed by atoms with E-state index in [9.17, 15) is 9.59 Å². The molecule has 4 fully saturated rings. The van der Waals surface area contributed by atoms with Gasteiger partial charge >= 0.3 is 5.97 Å². The Hall–Kier alpha value is -0.580. The minimum absolute atomic E-state index is 0.135. The molecule has 0 radical (unpaired) electrons. The number of ether oxygens (including phenoxy) is 1. The fourth-order valence-corrected chi connectivity index (χ4v) is 6.68. The van der Waals surface area contributed by atoms with Crippen LogP contribution in [0.5, 0.6) is 0 Å². The molecule has 1 N–H and O–H groups in total. The predicted molar refractivity (Wildman–Crippen MR) is 92.2 cm³/mol. The third-order valence-electron chi connectivity index (χ3n) is 5.80. The zero-order chi connectivity index (χ0) is 16.7. The molecule has 1 amide bonds. The zero-order valence-electron chi connectivity index (χ0n) is 14.2. The van der Waals surface area contributed by atoms with Gasteiger partial charge in [0.25, 0.3) is 5.91 Å². The second kappa shape index (κ2) is 6.38. The Bertz CT molecular complexity index is 477. The summed E-state index contributed by atoms with van der Waals surface area (Å²) in [4.78, 5) is 24.5. The lowest BCUT2D eigenvalue weighted by atomic mass is 9.49. The Morgan fingerprint density at radius 2 is 1.87 bits per heavy atom. The molecule has 0 aromatic heterocycles. The molecule has 4 nitrogen and oxygen atoms in total. The number of halogens is 1. The molecular weight excluding hydrogens is 358 g/mol. The molecule has 4 bridgehead atoms. The molecule has 2 unspecified atom stereocenters. The molecule has 4 aliphatic rings. The quantitative estimate of drug-likeness (QED) is 0.562. The molecule has 4 aliphatic carbocycles. The Morgan fingerprint density at radius 1 is 1.22 bits per heavy atom. The van der Waals surface area contributed by atoms with Crippen LogP contribution in [0, 0.1) is 23.2 Å². The van der Waals surface area contributed by atoms with Crippen LogP contribution >= 0.6 is 15.9 Å². The maximum atomic E-state index is 12.7. The minimum Gasteiger partial charge on any atom is -0.455 e. The van der Waals surface area contributed by atoms with Gasteiger partial charge < -0.3 is 10.1 Å². The standard InChI is InChI=1S/C18H28BrNO3/c1-12(2)3-4-20-15(21)10-23-16(22)17-6-13-5-14(7-17)9-18(19,8-13)11-17/h12-14H,3-11H2,1-2H3,(H,20,21)/t13-,14+,17?,18?. The SMILES string of the molecule is CC(C)CCNC(=O)COC(=O)C12C[C@@H]3C[C@@H](CC(Br)(C3)C1)C2. The van der Waals surface area contributed by atoms with E-state index in [1.165, 1.54) is 19.3 Å². The van der Waals surface area contributed by atoms with E-state index in [0.29, 0.717) is 24.3 Å². The number of carbonyl (C=O) groups is 2. The Kier molecular flexibility index (Phi) is 4.78. The van der Waals surface area contributed by atoms with E-state index in [1.54, 1.807) is 0 Å². The summed E-state index contributed by atoms with van der Waals surface area (Å²) in [6.45, 7) is 4.75. The summed E-state index contributed by atoms with van der Waals surface area (Å²) in [5.74, 6) is 1.51. The van der Waals surface area contributed by atoms with Crippen LogP contribution in [0.1, 0.15) is 58.8 Å². The molecule has 4 rings (SSSR count). The summed E-state index contributed by atoms with van der Waals surface area (Å²) in [5, 5.41) is 2.83.